The van der Waals surface area contributed by atoms with E-state index in [1.807, 2.05) is 6.07 Å². The van der Waals surface area contributed by atoms with E-state index in [9.17, 15) is 22.8 Å². The van der Waals surface area contributed by atoms with Crippen LogP contribution >= 0.6 is 0 Å². The van der Waals surface area contributed by atoms with E-state index >= 15 is 0 Å². The number of carbonyl (C=O) groups is 2. The van der Waals surface area contributed by atoms with Crippen LogP contribution in [0.2, 0.25) is 0 Å². The average Bonchev–Trinajstić information content (AvgIpc) is 3.08. The lowest BCUT2D eigenvalue weighted by atomic mass is 9.94. The molecule has 0 bridgehead atoms. The number of hydrogen-bond acceptors (Lipinski definition) is 5. The van der Waals surface area contributed by atoms with Gasteiger partial charge >= 0.3 is 12.1 Å². The molecule has 0 aliphatic rings. The topological polar surface area (TPSA) is 97.0 Å². The molecule has 7 nitrogen and oxygen atoms in total. The minimum atomic E-state index is -4.87. The van der Waals surface area contributed by atoms with Crippen molar-refractivity contribution in [1.29, 1.82) is 5.26 Å². The monoisotopic (exact) mass is 394 g/mol. The van der Waals surface area contributed by atoms with E-state index in [1.165, 1.54) is 45.0 Å². The van der Waals surface area contributed by atoms with E-state index in [2.05, 4.69) is 15.2 Å². The SMILES string of the molecule is CCOC(=O)c1cnn(-c2cccc(NC(=O)C(C)(C)C#N)c2)c1C(F)(F)F. The normalized spacial score (nSPS) is 11.6. The third kappa shape index (κ3) is 4.31. The molecule has 0 spiro atoms. The lowest BCUT2D eigenvalue weighted by molar-refractivity contribution is -0.143. The molecule has 148 valence electrons. The Morgan fingerprint density at radius 2 is 2.00 bits per heavy atom. The van der Waals surface area contributed by atoms with Gasteiger partial charge in [-0.2, -0.15) is 23.5 Å². The summed E-state index contributed by atoms with van der Waals surface area (Å²) in [7, 11) is 0. The number of carbonyl (C=O) groups excluding carboxylic acids is 2. The second kappa shape index (κ2) is 7.72. The minimum absolute atomic E-state index is 0.0320. The molecule has 0 saturated heterocycles. The first-order valence-electron chi connectivity index (χ1n) is 8.16. The molecule has 10 heteroatoms. The van der Waals surface area contributed by atoms with E-state index in [0.29, 0.717) is 4.68 Å². The zero-order chi connectivity index (χ0) is 21.1. The van der Waals surface area contributed by atoms with E-state index in [-0.39, 0.29) is 18.0 Å². The Hall–Kier alpha value is -3.35. The molecule has 0 aliphatic carbocycles. The fourth-order valence-corrected chi connectivity index (χ4v) is 2.23. The molecular formula is C18H17F3N4O3. The van der Waals surface area contributed by atoms with E-state index in [4.69, 9.17) is 5.26 Å². The molecular weight excluding hydrogens is 377 g/mol. The van der Waals surface area contributed by atoms with Crippen LogP contribution in [0.1, 0.15) is 36.8 Å². The van der Waals surface area contributed by atoms with Gasteiger partial charge in [0.25, 0.3) is 0 Å². The van der Waals surface area contributed by atoms with Gasteiger partial charge in [0.15, 0.2) is 5.69 Å². The Morgan fingerprint density at radius 1 is 1.32 bits per heavy atom. The quantitative estimate of drug-likeness (QED) is 0.782. The molecule has 1 aromatic carbocycles. The molecule has 1 aromatic heterocycles. The highest BCUT2D eigenvalue weighted by Crippen LogP contribution is 2.34. The number of rotatable bonds is 5. The fraction of sp³-hybridized carbons (Fsp3) is 0.333. The number of halogens is 3. The maximum atomic E-state index is 13.6. The van der Waals surface area contributed by atoms with Crippen molar-refractivity contribution in [2.45, 2.75) is 26.9 Å². The standard InChI is InChI=1S/C18H17F3N4O3/c1-4-28-15(26)13-9-23-25(14(13)18(19,20)21)12-7-5-6-11(8-12)24-16(27)17(2,3)10-22/h5-9H,4H2,1-3H3,(H,24,27). The molecule has 2 rings (SSSR count). The van der Waals surface area contributed by atoms with Crippen molar-refractivity contribution in [3.63, 3.8) is 0 Å². The number of nitrogens with one attached hydrogen (secondary N) is 1. The lowest BCUT2D eigenvalue weighted by Crippen LogP contribution is -2.29. The van der Waals surface area contributed by atoms with Crippen LogP contribution in [0.3, 0.4) is 0 Å². The number of anilines is 1. The largest absolute Gasteiger partial charge is 0.462 e. The number of nitriles is 1. The van der Waals surface area contributed by atoms with Gasteiger partial charge < -0.3 is 10.1 Å². The summed E-state index contributed by atoms with van der Waals surface area (Å²) in [4.78, 5) is 24.0. The number of alkyl halides is 3. The van der Waals surface area contributed by atoms with Gasteiger partial charge in [-0.1, -0.05) is 6.07 Å². The summed E-state index contributed by atoms with van der Waals surface area (Å²) < 4.78 is 45.9. The maximum Gasteiger partial charge on any atom is 0.434 e. The predicted octanol–water partition coefficient (Wildman–Crippen LogP) is 3.56. The number of esters is 1. The number of benzene rings is 1. The molecule has 1 heterocycles. The highest BCUT2D eigenvalue weighted by Gasteiger charge is 2.41. The summed E-state index contributed by atoms with van der Waals surface area (Å²) in [5.41, 5.74) is -3.18. The Balaban J connectivity index is 2.48. The molecule has 1 N–H and O–H groups in total. The molecule has 0 aliphatic heterocycles. The van der Waals surface area contributed by atoms with Crippen molar-refractivity contribution in [3.05, 3.63) is 41.7 Å². The predicted molar refractivity (Wildman–Crippen MR) is 92.5 cm³/mol. The van der Waals surface area contributed by atoms with Crippen molar-refractivity contribution in [2.24, 2.45) is 5.41 Å². The third-order valence-electron chi connectivity index (χ3n) is 3.73. The Morgan fingerprint density at radius 3 is 2.57 bits per heavy atom. The van der Waals surface area contributed by atoms with Crippen LogP contribution in [0.4, 0.5) is 18.9 Å². The van der Waals surface area contributed by atoms with Crippen molar-refractivity contribution >= 4 is 17.6 Å². The summed E-state index contributed by atoms with van der Waals surface area (Å²) in [6, 6.07) is 7.29. The molecule has 0 unspecified atom stereocenters. The van der Waals surface area contributed by atoms with Crippen LogP contribution in [0.5, 0.6) is 0 Å². The van der Waals surface area contributed by atoms with Gasteiger partial charge in [0.05, 0.1) is 24.6 Å². The molecule has 1 amide bonds. The van der Waals surface area contributed by atoms with Gasteiger partial charge in [0.2, 0.25) is 5.91 Å². The Bertz CT molecular complexity index is 942. The number of hydrogen-bond donors (Lipinski definition) is 1. The third-order valence-corrected chi connectivity index (χ3v) is 3.73. The van der Waals surface area contributed by atoms with Crippen molar-refractivity contribution in [1.82, 2.24) is 9.78 Å². The minimum Gasteiger partial charge on any atom is -0.462 e. The summed E-state index contributed by atoms with van der Waals surface area (Å²) >= 11 is 0. The number of ether oxygens (including phenoxy) is 1. The second-order valence-corrected chi connectivity index (χ2v) is 6.28. The number of aromatic nitrogens is 2. The highest BCUT2D eigenvalue weighted by molar-refractivity contribution is 5.96. The van der Waals surface area contributed by atoms with Crippen LogP contribution < -0.4 is 5.32 Å². The zero-order valence-electron chi connectivity index (χ0n) is 15.3. The van der Waals surface area contributed by atoms with Gasteiger partial charge in [-0.3, -0.25) is 4.79 Å². The maximum absolute atomic E-state index is 13.6. The van der Waals surface area contributed by atoms with Crippen LogP contribution in [0.15, 0.2) is 30.5 Å². The lowest BCUT2D eigenvalue weighted by Gasteiger charge is -2.16. The van der Waals surface area contributed by atoms with Crippen molar-refractivity contribution in [2.75, 3.05) is 11.9 Å². The molecule has 0 radical (unpaired) electrons. The molecule has 2 aromatic rings. The molecule has 0 atom stereocenters. The number of amides is 1. The highest BCUT2D eigenvalue weighted by atomic mass is 19.4. The van der Waals surface area contributed by atoms with E-state index < -0.39 is 34.7 Å². The average molecular weight is 394 g/mol. The van der Waals surface area contributed by atoms with Crippen LogP contribution in [-0.4, -0.2) is 28.3 Å². The van der Waals surface area contributed by atoms with Gasteiger partial charge in [0.1, 0.15) is 11.0 Å². The second-order valence-electron chi connectivity index (χ2n) is 6.28. The molecule has 0 saturated carbocycles. The Kier molecular flexibility index (Phi) is 5.78. The van der Waals surface area contributed by atoms with Crippen LogP contribution in [-0.2, 0) is 15.7 Å². The smallest absolute Gasteiger partial charge is 0.434 e. The van der Waals surface area contributed by atoms with E-state index in [1.54, 1.807) is 0 Å². The zero-order valence-corrected chi connectivity index (χ0v) is 15.3. The van der Waals surface area contributed by atoms with Crippen LogP contribution in [0, 0.1) is 16.7 Å². The summed E-state index contributed by atoms with van der Waals surface area (Å²) in [5, 5.41) is 15.2. The van der Waals surface area contributed by atoms with Crippen molar-refractivity contribution < 1.29 is 27.5 Å². The van der Waals surface area contributed by atoms with Gasteiger partial charge in [0, 0.05) is 5.69 Å². The van der Waals surface area contributed by atoms with Gasteiger partial charge in [-0.25, -0.2) is 9.48 Å². The fourth-order valence-electron chi connectivity index (χ4n) is 2.23. The van der Waals surface area contributed by atoms with Gasteiger partial charge in [-0.05, 0) is 39.0 Å². The summed E-state index contributed by atoms with van der Waals surface area (Å²) in [6.07, 6.45) is -4.09. The first kappa shape index (κ1) is 21.0. The van der Waals surface area contributed by atoms with Gasteiger partial charge in [-0.15, -0.1) is 0 Å². The molecule has 28 heavy (non-hydrogen) atoms. The summed E-state index contributed by atoms with van der Waals surface area (Å²) in [6.45, 7) is 4.21. The molecule has 0 fully saturated rings. The summed E-state index contributed by atoms with van der Waals surface area (Å²) in [5.74, 6) is -1.75. The first-order chi connectivity index (χ1) is 13.0. The van der Waals surface area contributed by atoms with Crippen LogP contribution in [0.25, 0.3) is 5.69 Å². The number of nitrogens with zero attached hydrogens (tertiary/aromatic N) is 3. The first-order valence-corrected chi connectivity index (χ1v) is 8.16. The van der Waals surface area contributed by atoms with Crippen molar-refractivity contribution in [3.8, 4) is 11.8 Å². The van der Waals surface area contributed by atoms with E-state index in [0.717, 1.165) is 6.20 Å². The Labute approximate surface area is 158 Å².